The van der Waals surface area contributed by atoms with E-state index in [1.54, 1.807) is 32.9 Å². The van der Waals surface area contributed by atoms with Crippen molar-refractivity contribution in [1.82, 2.24) is 16.0 Å². The van der Waals surface area contributed by atoms with Gasteiger partial charge in [0.2, 0.25) is 11.8 Å². The molecule has 33 heavy (non-hydrogen) atoms. The molecule has 7 N–H and O–H groups in total. The molecule has 1 rings (SSSR count). The summed E-state index contributed by atoms with van der Waals surface area (Å²) in [5, 5.41) is 26.1. The molecule has 184 valence electrons. The number of amides is 3. The molecule has 2 atom stereocenters. The predicted octanol–water partition coefficient (Wildman–Crippen LogP) is 0.643. The van der Waals surface area contributed by atoms with E-state index < -0.39 is 48.1 Å². The van der Waals surface area contributed by atoms with Crippen LogP contribution in [0, 0.1) is 0 Å². The van der Waals surface area contributed by atoms with Gasteiger partial charge in [0, 0.05) is 6.42 Å². The van der Waals surface area contributed by atoms with Gasteiger partial charge in [0.1, 0.15) is 30.0 Å². The second-order valence-electron chi connectivity index (χ2n) is 8.53. The number of nitrogens with one attached hydrogen (secondary N) is 3. The molecule has 2 unspecified atom stereocenters. The van der Waals surface area contributed by atoms with Crippen LogP contribution in [0.25, 0.3) is 0 Å². The third kappa shape index (κ3) is 11.7. The lowest BCUT2D eigenvalue weighted by atomic mass is 10.0. The highest BCUT2D eigenvalue weighted by molar-refractivity contribution is 5.91. The molecule has 0 bridgehead atoms. The summed E-state index contributed by atoms with van der Waals surface area (Å²) in [6.07, 6.45) is 0.576. The van der Waals surface area contributed by atoms with E-state index in [9.17, 15) is 29.4 Å². The number of phenols is 1. The summed E-state index contributed by atoms with van der Waals surface area (Å²) in [4.78, 5) is 48.5. The van der Waals surface area contributed by atoms with Gasteiger partial charge < -0.3 is 36.6 Å². The van der Waals surface area contributed by atoms with E-state index in [4.69, 9.17) is 10.5 Å². The Morgan fingerprint density at radius 1 is 1.03 bits per heavy atom. The Morgan fingerprint density at radius 2 is 1.67 bits per heavy atom. The van der Waals surface area contributed by atoms with Crippen molar-refractivity contribution in [3.8, 4) is 5.75 Å². The molecule has 0 aliphatic rings. The molecule has 0 heterocycles. The summed E-state index contributed by atoms with van der Waals surface area (Å²) in [5.74, 6) is -2.50. The van der Waals surface area contributed by atoms with Crippen LogP contribution >= 0.6 is 0 Å². The number of carboxylic acid groups (broad SMARTS) is 1. The summed E-state index contributed by atoms with van der Waals surface area (Å²) in [6, 6.07) is 3.78. The molecule has 1 aromatic carbocycles. The number of aromatic hydroxyl groups is 1. The van der Waals surface area contributed by atoms with Crippen LogP contribution in [0.15, 0.2) is 24.3 Å². The number of aliphatic carboxylic acids is 1. The number of benzene rings is 1. The highest BCUT2D eigenvalue weighted by Crippen LogP contribution is 2.12. The van der Waals surface area contributed by atoms with Crippen LogP contribution in [0.4, 0.5) is 4.79 Å². The van der Waals surface area contributed by atoms with E-state index in [1.165, 1.54) is 12.1 Å². The lowest BCUT2D eigenvalue weighted by Gasteiger charge is -2.22. The molecule has 0 fully saturated rings. The third-order valence-corrected chi connectivity index (χ3v) is 4.38. The predicted molar refractivity (Wildman–Crippen MR) is 120 cm³/mol. The van der Waals surface area contributed by atoms with Gasteiger partial charge in [-0.3, -0.25) is 9.59 Å². The Kier molecular flexibility index (Phi) is 11.1. The number of nitrogens with two attached hydrogens (primary N) is 1. The number of carbonyl (C=O) groups excluding carboxylic acids is 3. The number of unbranched alkanes of at least 4 members (excludes halogenated alkanes) is 1. The molecule has 0 spiro atoms. The second kappa shape index (κ2) is 13.3. The van der Waals surface area contributed by atoms with Gasteiger partial charge in [0.25, 0.3) is 0 Å². The smallest absolute Gasteiger partial charge is 0.408 e. The fraction of sp³-hybridized carbons (Fsp3) is 0.545. The first-order valence-electron chi connectivity index (χ1n) is 10.7. The normalized spacial score (nSPS) is 12.8. The fourth-order valence-corrected chi connectivity index (χ4v) is 2.81. The molecule has 0 saturated carbocycles. The first-order chi connectivity index (χ1) is 15.4. The summed E-state index contributed by atoms with van der Waals surface area (Å²) < 4.78 is 5.07. The van der Waals surface area contributed by atoms with Crippen molar-refractivity contribution < 1.29 is 34.1 Å². The molecule has 11 heteroatoms. The summed E-state index contributed by atoms with van der Waals surface area (Å²) in [6.45, 7) is 5.00. The number of carboxylic acids is 1. The number of hydrogen-bond acceptors (Lipinski definition) is 7. The minimum Gasteiger partial charge on any atom is -0.508 e. The quantitative estimate of drug-likeness (QED) is 0.243. The van der Waals surface area contributed by atoms with Crippen LogP contribution in [0.2, 0.25) is 0 Å². The molecule has 0 saturated heterocycles. The maximum absolute atomic E-state index is 12.8. The van der Waals surface area contributed by atoms with Crippen molar-refractivity contribution in [3.63, 3.8) is 0 Å². The van der Waals surface area contributed by atoms with E-state index in [0.717, 1.165) is 0 Å². The van der Waals surface area contributed by atoms with Crippen LogP contribution < -0.4 is 21.7 Å². The summed E-state index contributed by atoms with van der Waals surface area (Å²) in [7, 11) is 0. The van der Waals surface area contributed by atoms with Gasteiger partial charge in [0.05, 0.1) is 0 Å². The fourth-order valence-electron chi connectivity index (χ4n) is 2.81. The number of rotatable bonds is 12. The van der Waals surface area contributed by atoms with Crippen LogP contribution in [-0.2, 0) is 25.5 Å². The average molecular weight is 467 g/mol. The van der Waals surface area contributed by atoms with Gasteiger partial charge in [-0.05, 0) is 64.3 Å². The van der Waals surface area contributed by atoms with E-state index in [2.05, 4.69) is 16.0 Å². The first-order valence-corrected chi connectivity index (χ1v) is 10.7. The van der Waals surface area contributed by atoms with Crippen LogP contribution in [0.3, 0.4) is 0 Å². The zero-order valence-electron chi connectivity index (χ0n) is 19.2. The molecule has 0 radical (unpaired) electrons. The van der Waals surface area contributed by atoms with E-state index in [-0.39, 0.29) is 18.6 Å². The number of carbonyl (C=O) groups is 4. The molecule has 0 aliphatic heterocycles. The van der Waals surface area contributed by atoms with Crippen molar-refractivity contribution in [3.05, 3.63) is 29.8 Å². The Bertz CT molecular complexity index is 806. The highest BCUT2D eigenvalue weighted by atomic mass is 16.6. The highest BCUT2D eigenvalue weighted by Gasteiger charge is 2.27. The van der Waals surface area contributed by atoms with Crippen LogP contribution in [0.1, 0.15) is 45.6 Å². The van der Waals surface area contributed by atoms with Gasteiger partial charge in [0.15, 0.2) is 0 Å². The number of alkyl carbamates (subject to hydrolysis) is 1. The second-order valence-corrected chi connectivity index (χ2v) is 8.53. The van der Waals surface area contributed by atoms with Crippen molar-refractivity contribution >= 4 is 23.9 Å². The number of phenolic OH excluding ortho intramolecular Hbond substituents is 1. The van der Waals surface area contributed by atoms with Crippen molar-refractivity contribution in [2.24, 2.45) is 5.73 Å². The molecular formula is C22H34N4O7. The largest absolute Gasteiger partial charge is 0.508 e. The maximum Gasteiger partial charge on any atom is 0.408 e. The Morgan fingerprint density at radius 3 is 2.21 bits per heavy atom. The Balaban J connectivity index is 2.85. The Labute approximate surface area is 193 Å². The summed E-state index contributed by atoms with van der Waals surface area (Å²) in [5.41, 5.74) is 5.33. The molecule has 0 aromatic heterocycles. The standard InChI is InChI=1S/C22H34N4O7/c1-22(2,3)33-21(32)24-13-18(28)25-17(12-14-7-9-15(27)10-8-14)19(29)26-16(20(30)31)6-4-5-11-23/h7-10,16-17,27H,4-6,11-13,23H2,1-3H3,(H,24,32)(H,25,28)(H,26,29)(H,30,31). The zero-order chi connectivity index (χ0) is 25.0. The lowest BCUT2D eigenvalue weighted by molar-refractivity contribution is -0.142. The Hall–Kier alpha value is -3.34. The van der Waals surface area contributed by atoms with E-state index >= 15 is 0 Å². The number of hydrogen-bond donors (Lipinski definition) is 6. The van der Waals surface area contributed by atoms with Crippen molar-refractivity contribution in [2.45, 2.75) is 64.1 Å². The average Bonchev–Trinajstić information content (AvgIpc) is 2.71. The van der Waals surface area contributed by atoms with Crippen molar-refractivity contribution in [1.29, 1.82) is 0 Å². The molecule has 3 amide bonds. The molecule has 11 nitrogen and oxygen atoms in total. The molecular weight excluding hydrogens is 432 g/mol. The molecule has 0 aliphatic carbocycles. The third-order valence-electron chi connectivity index (χ3n) is 4.38. The van der Waals surface area contributed by atoms with Gasteiger partial charge in [-0.1, -0.05) is 12.1 Å². The SMILES string of the molecule is CC(C)(C)OC(=O)NCC(=O)NC(Cc1ccc(O)cc1)C(=O)NC(CCCCN)C(=O)O. The van der Waals surface area contributed by atoms with Gasteiger partial charge in [-0.15, -0.1) is 0 Å². The topological polar surface area (TPSA) is 180 Å². The minimum atomic E-state index is -1.19. The van der Waals surface area contributed by atoms with Crippen LogP contribution in [-0.4, -0.2) is 64.9 Å². The number of ether oxygens (including phenoxy) is 1. The van der Waals surface area contributed by atoms with E-state index in [1.807, 2.05) is 0 Å². The first kappa shape index (κ1) is 27.7. The monoisotopic (exact) mass is 466 g/mol. The van der Waals surface area contributed by atoms with Gasteiger partial charge >= 0.3 is 12.1 Å². The van der Waals surface area contributed by atoms with Gasteiger partial charge in [-0.25, -0.2) is 9.59 Å². The summed E-state index contributed by atoms with van der Waals surface area (Å²) >= 11 is 0. The van der Waals surface area contributed by atoms with Crippen LogP contribution in [0.5, 0.6) is 5.75 Å². The van der Waals surface area contributed by atoms with Crippen molar-refractivity contribution in [2.75, 3.05) is 13.1 Å². The van der Waals surface area contributed by atoms with Gasteiger partial charge in [-0.2, -0.15) is 0 Å². The zero-order valence-corrected chi connectivity index (χ0v) is 19.2. The maximum atomic E-state index is 12.8. The minimum absolute atomic E-state index is 0.0381. The lowest BCUT2D eigenvalue weighted by Crippen LogP contribution is -2.54. The molecule has 1 aromatic rings. The van der Waals surface area contributed by atoms with E-state index in [0.29, 0.717) is 24.9 Å².